The molecule has 6 fully saturated rings. The lowest BCUT2D eigenvalue weighted by Gasteiger charge is -2.52. The van der Waals surface area contributed by atoms with E-state index in [0.29, 0.717) is 19.4 Å². The van der Waals surface area contributed by atoms with Gasteiger partial charge in [0.2, 0.25) is 0 Å². The van der Waals surface area contributed by atoms with Crippen LogP contribution in [0.3, 0.4) is 0 Å². The summed E-state index contributed by atoms with van der Waals surface area (Å²) in [6.45, 7) is 22.7. The van der Waals surface area contributed by atoms with Crippen LogP contribution in [-0.4, -0.2) is 186 Å². The Bertz CT molecular complexity index is 3430. The quantitative estimate of drug-likeness (QED) is 0.0107. The van der Waals surface area contributed by atoms with Gasteiger partial charge in [-0.15, -0.1) is 12.3 Å². The number of nitrogens with zero attached hydrogens (tertiary/aromatic N) is 9. The monoisotopic (exact) mass is 1470 g/mol. The zero-order valence-corrected chi connectivity index (χ0v) is 62.0. The van der Waals surface area contributed by atoms with Crippen LogP contribution in [0.25, 0.3) is 31.3 Å². The van der Waals surface area contributed by atoms with Gasteiger partial charge in [0.15, 0.2) is 37.7 Å². The van der Waals surface area contributed by atoms with Crippen molar-refractivity contribution in [1.82, 2.24) is 0 Å². The van der Waals surface area contributed by atoms with Crippen molar-refractivity contribution in [3.63, 3.8) is 0 Å². The van der Waals surface area contributed by atoms with Crippen LogP contribution in [0.2, 0.25) is 0 Å². The minimum atomic E-state index is -1.34. The number of carbonyl (C=O) groups excluding carboxylic acids is 3. The average Bonchev–Trinajstić information content (AvgIpc) is 0.772. The Morgan fingerprint density at radius 1 is 0.390 bits per heavy atom. The van der Waals surface area contributed by atoms with Gasteiger partial charge in [0, 0.05) is 65.6 Å². The molecular weight excluding hydrogens is 1360 g/mol. The molecule has 30 nitrogen and oxygen atoms in total. The number of rotatable bonds is 32. The maximum Gasteiger partial charge on any atom is 0.302 e. The van der Waals surface area contributed by atoms with Gasteiger partial charge in [-0.05, 0) is 78.2 Å². The number of hydrogen-bond donors (Lipinski definition) is 0. The lowest BCUT2D eigenvalue weighted by molar-refractivity contribution is -0.370. The van der Waals surface area contributed by atoms with E-state index in [-0.39, 0.29) is 63.7 Å². The predicted octanol–water partition coefficient (Wildman–Crippen LogP) is 11.7. The van der Waals surface area contributed by atoms with Gasteiger partial charge in [0.25, 0.3) is 0 Å². The number of azide groups is 3. The zero-order chi connectivity index (χ0) is 75.4. The smallest absolute Gasteiger partial charge is 0.302 e. The van der Waals surface area contributed by atoms with Gasteiger partial charge >= 0.3 is 17.9 Å². The van der Waals surface area contributed by atoms with Gasteiger partial charge in [-0.2, -0.15) is 0 Å². The third kappa shape index (κ3) is 21.4. The molecule has 0 amide bonds. The molecule has 30 heteroatoms. The molecule has 0 spiro atoms. The Kier molecular flexibility index (Phi) is 31.0. The molecule has 6 heterocycles. The molecule has 13 unspecified atom stereocenters. The van der Waals surface area contributed by atoms with E-state index < -0.39 is 177 Å². The molecule has 6 saturated heterocycles. The van der Waals surface area contributed by atoms with Crippen molar-refractivity contribution in [3.8, 4) is 12.3 Å². The Morgan fingerprint density at radius 3 is 1.05 bits per heavy atom. The fourth-order valence-electron chi connectivity index (χ4n) is 14.7. The first-order chi connectivity index (χ1) is 50.5. The highest BCUT2D eigenvalue weighted by molar-refractivity contribution is 5.66. The van der Waals surface area contributed by atoms with Crippen LogP contribution < -0.4 is 0 Å². The van der Waals surface area contributed by atoms with Crippen LogP contribution in [0.5, 0.6) is 0 Å². The van der Waals surface area contributed by atoms with Crippen molar-refractivity contribution < 1.29 is 99.6 Å². The highest BCUT2D eigenvalue weighted by Gasteiger charge is 2.57. The van der Waals surface area contributed by atoms with E-state index in [1.165, 1.54) is 20.8 Å². The van der Waals surface area contributed by atoms with Crippen LogP contribution in [0, 0.1) is 53.8 Å². The summed E-state index contributed by atoms with van der Waals surface area (Å²) in [4.78, 5) is 47.4. The standard InChI is InChI=1S/C75H103N9O21/c1-15-16-26-33-88-73-59(79-82-76)41(3)63(56(98-73)37-89-50(12)85)102-71-45(7)66(93-35-54-29-22-18-23-30-54)68(48(10)96-71)105-75-61(81-84-78)43(5)65(58(100-75)39-91-52(14)87)103-72-46(8)67(94-36-55-31-24-19-25-32-55)69(49(11)97-72)104-74-60(80-83-77)42(4)64(57(99-74)38-90-51(13)86)101-70-44(6)62(40(2)47(9)95-70)92-34-53-27-20-17-21-28-53/h1,17-25,27-32,40-49,56-75H,16,26,33-39H2,2-14H3/t40-,41-,42-,43-,44?,45?,46?,47?,48?,49?,56?,57?,58?,59?,60?,61?,62-,63+,64+,65+,66+,67+,68-,69-,70+,71+,72+,73?,74+,75+/m1/s1. The van der Waals surface area contributed by atoms with Crippen molar-refractivity contribution in [2.24, 2.45) is 56.8 Å². The summed E-state index contributed by atoms with van der Waals surface area (Å²) in [5.74, 6) is -2.75. The van der Waals surface area contributed by atoms with Crippen molar-refractivity contribution in [2.75, 3.05) is 26.4 Å². The van der Waals surface area contributed by atoms with E-state index in [1.54, 1.807) is 13.8 Å². The van der Waals surface area contributed by atoms with Crippen LogP contribution in [-0.2, 0) is 119 Å². The van der Waals surface area contributed by atoms with Gasteiger partial charge in [-0.3, -0.25) is 14.4 Å². The molecule has 6 aliphatic rings. The summed E-state index contributed by atoms with van der Waals surface area (Å²) in [6.07, 6.45) is -11.8. The van der Waals surface area contributed by atoms with Crippen LogP contribution >= 0.6 is 0 Å². The van der Waals surface area contributed by atoms with Crippen LogP contribution in [0.4, 0.5) is 0 Å². The van der Waals surface area contributed by atoms with E-state index in [0.717, 1.165) is 16.7 Å². The molecule has 105 heavy (non-hydrogen) atoms. The van der Waals surface area contributed by atoms with Crippen molar-refractivity contribution in [3.05, 3.63) is 139 Å². The molecule has 9 rings (SSSR count). The predicted molar refractivity (Wildman–Crippen MR) is 375 cm³/mol. The lowest BCUT2D eigenvalue weighted by Crippen LogP contribution is -2.64. The summed E-state index contributed by atoms with van der Waals surface area (Å²) in [5.41, 5.74) is 33.2. The maximum absolute atomic E-state index is 12.8. The topological polar surface area (TPSA) is 364 Å². The van der Waals surface area contributed by atoms with Crippen LogP contribution in [0.15, 0.2) is 106 Å². The van der Waals surface area contributed by atoms with Crippen molar-refractivity contribution in [2.45, 2.75) is 264 Å². The first-order valence-corrected chi connectivity index (χ1v) is 36.3. The van der Waals surface area contributed by atoms with Gasteiger partial charge in [-0.25, -0.2) is 0 Å². The van der Waals surface area contributed by atoms with E-state index in [9.17, 15) is 31.0 Å². The third-order valence-corrected chi connectivity index (χ3v) is 20.7. The van der Waals surface area contributed by atoms with E-state index in [2.05, 4.69) is 42.9 Å². The first-order valence-electron chi connectivity index (χ1n) is 36.3. The van der Waals surface area contributed by atoms with Crippen molar-refractivity contribution in [1.29, 1.82) is 0 Å². The van der Waals surface area contributed by atoms with Gasteiger partial charge in [0.1, 0.15) is 50.3 Å². The average molecular weight is 1470 g/mol. The molecule has 0 N–H and O–H groups in total. The molecule has 3 aromatic carbocycles. The van der Waals surface area contributed by atoms with E-state index in [4.69, 9.17) is 91.7 Å². The number of unbranched alkanes of at least 4 members (excludes halogenated alkanes) is 1. The minimum Gasteiger partial charge on any atom is -0.463 e. The molecule has 3 aromatic rings. The highest BCUT2D eigenvalue weighted by atomic mass is 16.8. The fraction of sp³-hybridized carbons (Fsp3) is 0.693. The van der Waals surface area contributed by atoms with E-state index >= 15 is 0 Å². The fourth-order valence-corrected chi connectivity index (χ4v) is 14.7. The van der Waals surface area contributed by atoms with Gasteiger partial charge < -0.3 is 85.3 Å². The Balaban J connectivity index is 0.963. The molecule has 6 aliphatic heterocycles. The summed E-state index contributed by atoms with van der Waals surface area (Å²) in [7, 11) is 0. The Labute approximate surface area is 613 Å². The van der Waals surface area contributed by atoms with Crippen molar-refractivity contribution >= 4 is 17.9 Å². The van der Waals surface area contributed by atoms with Gasteiger partial charge in [0.05, 0.1) is 99.5 Å². The molecular formula is C75H103N9O21. The summed E-state index contributed by atoms with van der Waals surface area (Å²) in [5, 5.41) is 12.7. The third-order valence-electron chi connectivity index (χ3n) is 20.7. The lowest BCUT2D eigenvalue weighted by atomic mass is 9.85. The highest BCUT2D eigenvalue weighted by Crippen LogP contribution is 2.44. The molecule has 0 saturated carbocycles. The largest absolute Gasteiger partial charge is 0.463 e. The Morgan fingerprint density at radius 2 is 0.705 bits per heavy atom. The minimum absolute atomic E-state index is 0.00216. The molecule has 0 aliphatic carbocycles. The van der Waals surface area contributed by atoms with Crippen LogP contribution in [0.1, 0.15) is 120 Å². The number of esters is 3. The maximum atomic E-state index is 12.8. The number of terminal acetylenes is 1. The van der Waals surface area contributed by atoms with Gasteiger partial charge in [-0.1, -0.05) is 155 Å². The number of hydrogen-bond acceptors (Lipinski definition) is 24. The number of benzene rings is 3. The first kappa shape index (κ1) is 82.0. The molecule has 0 aromatic heterocycles. The molecule has 30 atom stereocenters. The normalized spacial score (nSPS) is 37.6. The Hall–Kier alpha value is -7.04. The molecule has 574 valence electrons. The second-order valence-corrected chi connectivity index (χ2v) is 28.2. The molecule has 0 bridgehead atoms. The summed E-state index contributed by atoms with van der Waals surface area (Å²) >= 11 is 0. The SMILES string of the molecule is C#CCCCOC1OC(COC(C)=O)[C@@H](O[C@@H]2OC(C)[C@@H](O[C@@H]3OC(COC(C)=O)[C@@H](O[C@@H]4OC(C)[C@@H](O[C@@H]5OC(COC(C)=O)[C@@H](O[C@@H]6OC(C)[C@@H](C)[C@@H](OCc7ccccc7)C6C)[C@H](C)C5N=[N+]=[N-])[C@@H](OCc5ccccc5)C4C)[C@H](C)C3N=[N+]=[N-])[C@@H](OCc3ccccc3)C2C)[C@H](C)C1N=[N+]=[N-]. The summed E-state index contributed by atoms with van der Waals surface area (Å²) < 4.78 is 119. The second kappa shape index (κ2) is 39.7. The molecule has 0 radical (unpaired) electrons. The van der Waals surface area contributed by atoms with E-state index in [1.807, 2.05) is 139 Å². The number of ether oxygens (including phenoxy) is 18. The summed E-state index contributed by atoms with van der Waals surface area (Å²) in [6, 6.07) is 25.9. The zero-order valence-electron chi connectivity index (χ0n) is 62.0. The second-order valence-electron chi connectivity index (χ2n) is 28.2. The number of carbonyl (C=O) groups is 3.